The Hall–Kier alpha value is -1.59. The average molecular weight is 348 g/mol. The van der Waals surface area contributed by atoms with Crippen molar-refractivity contribution in [1.82, 2.24) is 9.80 Å². The average Bonchev–Trinajstić information content (AvgIpc) is 2.54. The summed E-state index contributed by atoms with van der Waals surface area (Å²) in [7, 11) is 1.72. The Morgan fingerprint density at radius 2 is 1.92 bits per heavy atom. The molecule has 1 aromatic rings. The van der Waals surface area contributed by atoms with Crippen molar-refractivity contribution in [3.8, 4) is 0 Å². The Morgan fingerprint density at radius 3 is 2.56 bits per heavy atom. The number of hydrogen-bond acceptors (Lipinski definition) is 4. The van der Waals surface area contributed by atoms with E-state index in [9.17, 15) is 4.79 Å². The molecule has 25 heavy (non-hydrogen) atoms. The summed E-state index contributed by atoms with van der Waals surface area (Å²) in [5, 5.41) is 0. The predicted octanol–water partition coefficient (Wildman–Crippen LogP) is 3.53. The number of nitrogens with zero attached hydrogens (tertiary/aromatic N) is 2. The molecule has 1 atom stereocenters. The maximum atomic E-state index is 12.6. The smallest absolute Gasteiger partial charge is 0.410 e. The molecule has 0 bridgehead atoms. The fourth-order valence-electron chi connectivity index (χ4n) is 3.18. The molecule has 2 rings (SSSR count). The van der Waals surface area contributed by atoms with E-state index in [2.05, 4.69) is 29.2 Å². The Kier molecular flexibility index (Phi) is 7.26. The quantitative estimate of drug-likeness (QED) is 0.738. The second-order valence-electron chi connectivity index (χ2n) is 7.68. The van der Waals surface area contributed by atoms with Crippen LogP contribution in [0.3, 0.4) is 0 Å². The van der Waals surface area contributed by atoms with Gasteiger partial charge < -0.3 is 14.4 Å². The molecule has 0 N–H and O–H groups in total. The monoisotopic (exact) mass is 348 g/mol. The standard InChI is InChI=1S/C20H32N2O3/c1-20(2,3)25-19(23)22-13-12-21(15-17-9-6-5-7-10-17)16-18(22)11-8-14-24-4/h5-7,9-10,18H,8,11-16H2,1-4H3/t18-/m0/s1. The van der Waals surface area contributed by atoms with E-state index in [0.717, 1.165) is 39.1 Å². The van der Waals surface area contributed by atoms with Gasteiger partial charge in [-0.1, -0.05) is 30.3 Å². The number of carbonyl (C=O) groups is 1. The van der Waals surface area contributed by atoms with Gasteiger partial charge in [0.15, 0.2) is 0 Å². The summed E-state index contributed by atoms with van der Waals surface area (Å²) in [6.45, 7) is 9.83. The first-order valence-electron chi connectivity index (χ1n) is 9.14. The van der Waals surface area contributed by atoms with Crippen LogP contribution < -0.4 is 0 Å². The van der Waals surface area contributed by atoms with Crippen molar-refractivity contribution in [2.75, 3.05) is 33.4 Å². The number of ether oxygens (including phenoxy) is 2. The third-order valence-corrected chi connectivity index (χ3v) is 4.33. The minimum atomic E-state index is -0.463. The third-order valence-electron chi connectivity index (χ3n) is 4.33. The molecule has 1 fully saturated rings. The normalized spacial score (nSPS) is 19.0. The number of carbonyl (C=O) groups excluding carboxylic acids is 1. The van der Waals surface area contributed by atoms with Crippen molar-refractivity contribution in [3.05, 3.63) is 35.9 Å². The highest BCUT2D eigenvalue weighted by atomic mass is 16.6. The Bertz CT molecular complexity index is 527. The van der Waals surface area contributed by atoms with E-state index in [1.165, 1.54) is 5.56 Å². The van der Waals surface area contributed by atoms with Crippen molar-refractivity contribution < 1.29 is 14.3 Å². The Labute approximate surface area is 151 Å². The number of amides is 1. The van der Waals surface area contributed by atoms with Crippen LogP contribution in [0, 0.1) is 0 Å². The molecule has 1 aliphatic heterocycles. The highest BCUT2D eigenvalue weighted by Crippen LogP contribution is 2.20. The third kappa shape index (κ3) is 6.67. The van der Waals surface area contributed by atoms with Crippen LogP contribution in [0.4, 0.5) is 4.79 Å². The van der Waals surface area contributed by atoms with Gasteiger partial charge in [0, 0.05) is 45.9 Å². The highest BCUT2D eigenvalue weighted by Gasteiger charge is 2.32. The van der Waals surface area contributed by atoms with Crippen LogP contribution in [0.2, 0.25) is 0 Å². The van der Waals surface area contributed by atoms with Crippen LogP contribution in [0.25, 0.3) is 0 Å². The zero-order valence-corrected chi connectivity index (χ0v) is 16.0. The van der Waals surface area contributed by atoms with Crippen molar-refractivity contribution in [2.24, 2.45) is 0 Å². The molecule has 0 radical (unpaired) electrons. The van der Waals surface area contributed by atoms with Crippen molar-refractivity contribution >= 4 is 6.09 Å². The molecule has 1 heterocycles. The molecule has 5 nitrogen and oxygen atoms in total. The van der Waals surface area contributed by atoms with E-state index < -0.39 is 5.60 Å². The Balaban J connectivity index is 1.99. The lowest BCUT2D eigenvalue weighted by atomic mass is 10.1. The maximum Gasteiger partial charge on any atom is 0.410 e. The molecule has 0 saturated carbocycles. The predicted molar refractivity (Wildman–Crippen MR) is 99.6 cm³/mol. The summed E-state index contributed by atoms with van der Waals surface area (Å²) in [6, 6.07) is 10.7. The van der Waals surface area contributed by atoms with Gasteiger partial charge in [-0.15, -0.1) is 0 Å². The first-order chi connectivity index (χ1) is 11.9. The summed E-state index contributed by atoms with van der Waals surface area (Å²) in [5.41, 5.74) is 0.846. The number of methoxy groups -OCH3 is 1. The molecule has 0 spiro atoms. The zero-order chi connectivity index (χ0) is 18.3. The SMILES string of the molecule is COCCC[C@H]1CN(Cc2ccccc2)CCN1C(=O)OC(C)(C)C. The maximum absolute atomic E-state index is 12.6. The topological polar surface area (TPSA) is 42.0 Å². The molecule has 0 aliphatic carbocycles. The van der Waals surface area contributed by atoms with Crippen LogP contribution in [0.5, 0.6) is 0 Å². The van der Waals surface area contributed by atoms with Gasteiger partial charge in [0.25, 0.3) is 0 Å². The van der Waals surface area contributed by atoms with Crippen LogP contribution in [-0.4, -0.2) is 60.9 Å². The number of piperazine rings is 1. The zero-order valence-electron chi connectivity index (χ0n) is 16.0. The second-order valence-corrected chi connectivity index (χ2v) is 7.68. The summed E-state index contributed by atoms with van der Waals surface area (Å²) in [5.74, 6) is 0. The van der Waals surface area contributed by atoms with E-state index in [1.807, 2.05) is 31.7 Å². The summed E-state index contributed by atoms with van der Waals surface area (Å²) >= 11 is 0. The first-order valence-corrected chi connectivity index (χ1v) is 9.14. The number of benzene rings is 1. The number of hydrogen-bond donors (Lipinski definition) is 0. The van der Waals surface area contributed by atoms with Crippen LogP contribution in [0.15, 0.2) is 30.3 Å². The van der Waals surface area contributed by atoms with Gasteiger partial charge in [-0.2, -0.15) is 0 Å². The summed E-state index contributed by atoms with van der Waals surface area (Å²) < 4.78 is 10.8. The largest absolute Gasteiger partial charge is 0.444 e. The lowest BCUT2D eigenvalue weighted by Crippen LogP contribution is -2.55. The van der Waals surface area contributed by atoms with Crippen LogP contribution in [0.1, 0.15) is 39.2 Å². The van der Waals surface area contributed by atoms with E-state index in [-0.39, 0.29) is 12.1 Å². The van der Waals surface area contributed by atoms with Gasteiger partial charge in [-0.25, -0.2) is 4.79 Å². The lowest BCUT2D eigenvalue weighted by molar-refractivity contribution is -0.00502. The van der Waals surface area contributed by atoms with Crippen molar-refractivity contribution in [1.29, 1.82) is 0 Å². The molecular formula is C20H32N2O3. The summed E-state index contributed by atoms with van der Waals surface area (Å²) in [4.78, 5) is 16.9. The van der Waals surface area contributed by atoms with Crippen LogP contribution >= 0.6 is 0 Å². The van der Waals surface area contributed by atoms with Gasteiger partial charge in [0.2, 0.25) is 0 Å². The van der Waals surface area contributed by atoms with E-state index in [0.29, 0.717) is 6.54 Å². The number of rotatable bonds is 6. The molecular weight excluding hydrogens is 316 g/mol. The highest BCUT2D eigenvalue weighted by molar-refractivity contribution is 5.68. The molecule has 0 aromatic heterocycles. The van der Waals surface area contributed by atoms with Crippen molar-refractivity contribution in [2.45, 2.75) is 51.8 Å². The molecule has 1 aromatic carbocycles. The molecule has 1 aliphatic rings. The van der Waals surface area contributed by atoms with E-state index >= 15 is 0 Å². The molecule has 1 amide bonds. The van der Waals surface area contributed by atoms with Gasteiger partial charge in [-0.05, 0) is 39.2 Å². The molecule has 0 unspecified atom stereocenters. The van der Waals surface area contributed by atoms with Gasteiger partial charge in [0.05, 0.1) is 0 Å². The minimum absolute atomic E-state index is 0.169. The Morgan fingerprint density at radius 1 is 1.20 bits per heavy atom. The van der Waals surface area contributed by atoms with E-state index in [1.54, 1.807) is 7.11 Å². The van der Waals surface area contributed by atoms with E-state index in [4.69, 9.17) is 9.47 Å². The fourth-order valence-corrected chi connectivity index (χ4v) is 3.18. The second kappa shape index (κ2) is 9.20. The van der Waals surface area contributed by atoms with Crippen molar-refractivity contribution in [3.63, 3.8) is 0 Å². The molecule has 140 valence electrons. The van der Waals surface area contributed by atoms with Gasteiger partial charge in [-0.3, -0.25) is 4.90 Å². The van der Waals surface area contributed by atoms with Gasteiger partial charge in [0.1, 0.15) is 5.60 Å². The fraction of sp³-hybridized carbons (Fsp3) is 0.650. The van der Waals surface area contributed by atoms with Gasteiger partial charge >= 0.3 is 6.09 Å². The molecule has 1 saturated heterocycles. The first kappa shape index (κ1) is 19.7. The summed E-state index contributed by atoms with van der Waals surface area (Å²) in [6.07, 6.45) is 1.67. The minimum Gasteiger partial charge on any atom is -0.444 e. The molecule has 5 heteroatoms. The lowest BCUT2D eigenvalue weighted by Gasteiger charge is -2.42. The van der Waals surface area contributed by atoms with Crippen LogP contribution in [-0.2, 0) is 16.0 Å².